The van der Waals surface area contributed by atoms with Crippen LogP contribution in [0.1, 0.15) is 29.6 Å². The van der Waals surface area contributed by atoms with E-state index in [2.05, 4.69) is 5.32 Å². The van der Waals surface area contributed by atoms with Crippen LogP contribution in [0.5, 0.6) is 11.5 Å². The van der Waals surface area contributed by atoms with E-state index in [1.807, 2.05) is 0 Å². The number of carboxylic acid groups (broad SMARTS) is 1. The summed E-state index contributed by atoms with van der Waals surface area (Å²) in [6.45, 7) is 0.939. The van der Waals surface area contributed by atoms with Crippen molar-refractivity contribution in [3.05, 3.63) is 23.8 Å². The number of carboxylic acids is 1. The number of carbonyl (C=O) groups excluding carboxylic acids is 1. The van der Waals surface area contributed by atoms with Crippen LogP contribution in [0.3, 0.4) is 0 Å². The van der Waals surface area contributed by atoms with Crippen molar-refractivity contribution >= 4 is 11.8 Å². The summed E-state index contributed by atoms with van der Waals surface area (Å²) in [4.78, 5) is 23.5. The number of rotatable bonds is 6. The fourth-order valence-electron chi connectivity index (χ4n) is 2.33. The molecule has 1 heterocycles. The Kier molecular flexibility index (Phi) is 3.79. The van der Waals surface area contributed by atoms with Crippen molar-refractivity contribution in [3.8, 4) is 11.5 Å². The maximum Gasteiger partial charge on any atom is 0.305 e. The van der Waals surface area contributed by atoms with Gasteiger partial charge >= 0.3 is 5.97 Å². The number of nitrogens with one attached hydrogen (secondary N) is 1. The number of aliphatic carboxylic acids is 1. The summed E-state index contributed by atoms with van der Waals surface area (Å²) in [7, 11) is 0. The van der Waals surface area contributed by atoms with E-state index >= 15 is 0 Å². The number of carbonyl (C=O) groups is 2. The molecule has 0 spiro atoms. The Labute approximate surface area is 122 Å². The Morgan fingerprint density at radius 3 is 2.62 bits per heavy atom. The molecule has 6 heteroatoms. The topological polar surface area (TPSA) is 84.9 Å². The minimum absolute atomic E-state index is 0.218. The third-order valence-electron chi connectivity index (χ3n) is 3.54. The smallest absolute Gasteiger partial charge is 0.305 e. The van der Waals surface area contributed by atoms with Crippen LogP contribution in [-0.2, 0) is 4.79 Å². The molecule has 2 aliphatic rings. The molecule has 0 bridgehead atoms. The molecule has 1 aliphatic carbocycles. The predicted octanol–water partition coefficient (Wildman–Crippen LogP) is 1.24. The molecule has 3 rings (SSSR count). The molecule has 1 saturated carbocycles. The highest BCUT2D eigenvalue weighted by atomic mass is 16.6. The molecule has 1 unspecified atom stereocenters. The summed E-state index contributed by atoms with van der Waals surface area (Å²) in [5, 5.41) is 12.1. The minimum Gasteiger partial charge on any atom is -0.486 e. The molecule has 0 amide bonds. The summed E-state index contributed by atoms with van der Waals surface area (Å²) >= 11 is 0. The van der Waals surface area contributed by atoms with Crippen molar-refractivity contribution in [2.24, 2.45) is 0 Å². The second kappa shape index (κ2) is 5.73. The fourth-order valence-corrected chi connectivity index (χ4v) is 2.33. The summed E-state index contributed by atoms with van der Waals surface area (Å²) < 4.78 is 10.9. The molecule has 112 valence electrons. The molecule has 1 atom stereocenters. The monoisotopic (exact) mass is 291 g/mol. The van der Waals surface area contributed by atoms with Crippen molar-refractivity contribution in [3.63, 3.8) is 0 Å². The zero-order valence-corrected chi connectivity index (χ0v) is 11.5. The fraction of sp³-hybridized carbons (Fsp3) is 0.467. The van der Waals surface area contributed by atoms with Gasteiger partial charge in [-0.05, 0) is 31.0 Å². The summed E-state index contributed by atoms with van der Waals surface area (Å²) in [5.41, 5.74) is 0.443. The van der Waals surface area contributed by atoms with E-state index in [4.69, 9.17) is 14.6 Å². The van der Waals surface area contributed by atoms with Crippen molar-refractivity contribution in [2.75, 3.05) is 13.2 Å². The van der Waals surface area contributed by atoms with Crippen LogP contribution in [0.15, 0.2) is 18.2 Å². The van der Waals surface area contributed by atoms with Gasteiger partial charge in [0.2, 0.25) is 0 Å². The summed E-state index contributed by atoms with van der Waals surface area (Å²) in [6.07, 6.45) is 1.76. The van der Waals surface area contributed by atoms with Crippen LogP contribution in [0, 0.1) is 0 Å². The van der Waals surface area contributed by atoms with E-state index in [1.54, 1.807) is 18.2 Å². The van der Waals surface area contributed by atoms with Crippen LogP contribution in [-0.4, -0.2) is 42.2 Å². The number of Topliss-reactive ketones (excluding diaryl/α,β-unsaturated/α-hetero) is 1. The lowest BCUT2D eigenvalue weighted by atomic mass is 10.0. The van der Waals surface area contributed by atoms with E-state index in [9.17, 15) is 9.59 Å². The molecule has 1 fully saturated rings. The predicted molar refractivity (Wildman–Crippen MR) is 74.0 cm³/mol. The van der Waals surface area contributed by atoms with E-state index in [1.165, 1.54) is 0 Å². The van der Waals surface area contributed by atoms with Gasteiger partial charge in [-0.3, -0.25) is 9.59 Å². The molecule has 2 N–H and O–H groups in total. The van der Waals surface area contributed by atoms with Crippen molar-refractivity contribution in [1.29, 1.82) is 0 Å². The van der Waals surface area contributed by atoms with Gasteiger partial charge in [-0.15, -0.1) is 0 Å². The molecule has 1 aromatic carbocycles. The van der Waals surface area contributed by atoms with Gasteiger partial charge in [-0.1, -0.05) is 0 Å². The number of hydrogen-bond acceptors (Lipinski definition) is 5. The molecular weight excluding hydrogens is 274 g/mol. The first-order chi connectivity index (χ1) is 10.1. The molecule has 21 heavy (non-hydrogen) atoms. The largest absolute Gasteiger partial charge is 0.486 e. The second-order valence-electron chi connectivity index (χ2n) is 5.31. The third-order valence-corrected chi connectivity index (χ3v) is 3.54. The zero-order valence-electron chi connectivity index (χ0n) is 11.5. The van der Waals surface area contributed by atoms with E-state index in [0.717, 1.165) is 12.8 Å². The number of ether oxygens (including phenoxy) is 2. The van der Waals surface area contributed by atoms with Gasteiger partial charge in [0.1, 0.15) is 13.2 Å². The van der Waals surface area contributed by atoms with E-state index < -0.39 is 12.0 Å². The summed E-state index contributed by atoms with van der Waals surface area (Å²) in [5.74, 6) is -0.0596. The van der Waals surface area contributed by atoms with Crippen molar-refractivity contribution in [2.45, 2.75) is 31.3 Å². The lowest BCUT2D eigenvalue weighted by Crippen LogP contribution is -2.40. The zero-order chi connectivity index (χ0) is 14.8. The lowest BCUT2D eigenvalue weighted by Gasteiger charge is -2.20. The Bertz CT molecular complexity index is 567. The highest BCUT2D eigenvalue weighted by Gasteiger charge is 2.30. The first-order valence-electron chi connectivity index (χ1n) is 7.05. The van der Waals surface area contributed by atoms with Gasteiger partial charge in [0.05, 0.1) is 12.5 Å². The Balaban J connectivity index is 1.79. The number of fused-ring (bicyclic) bond motifs is 1. The first kappa shape index (κ1) is 13.9. The first-order valence-corrected chi connectivity index (χ1v) is 7.05. The molecule has 0 aromatic heterocycles. The summed E-state index contributed by atoms with van der Waals surface area (Å²) in [6, 6.07) is 4.53. The maximum absolute atomic E-state index is 12.5. The van der Waals surface area contributed by atoms with Gasteiger partial charge < -0.3 is 19.9 Å². The van der Waals surface area contributed by atoms with Gasteiger partial charge in [0, 0.05) is 11.6 Å². The number of benzene rings is 1. The average Bonchev–Trinajstić information content (AvgIpc) is 3.29. The highest BCUT2D eigenvalue weighted by molar-refractivity contribution is 6.02. The van der Waals surface area contributed by atoms with Crippen molar-refractivity contribution < 1.29 is 24.2 Å². The molecule has 6 nitrogen and oxygen atoms in total. The van der Waals surface area contributed by atoms with E-state index in [0.29, 0.717) is 30.3 Å². The SMILES string of the molecule is O=C(O)CC(NC1CC1)C(=O)c1ccc2c(c1)OCCO2. The van der Waals surface area contributed by atoms with Gasteiger partial charge in [-0.25, -0.2) is 0 Å². The molecule has 0 radical (unpaired) electrons. The number of hydrogen-bond donors (Lipinski definition) is 2. The van der Waals surface area contributed by atoms with Crippen LogP contribution in [0.2, 0.25) is 0 Å². The standard InChI is InChI=1S/C15H17NO5/c17-14(18)8-11(16-10-2-3-10)15(19)9-1-4-12-13(7-9)21-6-5-20-12/h1,4,7,10-11,16H,2-3,5-6,8H2,(H,17,18). The highest BCUT2D eigenvalue weighted by Crippen LogP contribution is 2.31. The second-order valence-corrected chi connectivity index (χ2v) is 5.31. The maximum atomic E-state index is 12.5. The van der Waals surface area contributed by atoms with Crippen molar-refractivity contribution in [1.82, 2.24) is 5.32 Å². The van der Waals surface area contributed by atoms with Gasteiger partial charge in [0.25, 0.3) is 0 Å². The Morgan fingerprint density at radius 2 is 1.95 bits per heavy atom. The van der Waals surface area contributed by atoms with Gasteiger partial charge in [0.15, 0.2) is 17.3 Å². The number of ketones is 1. The molecule has 1 aliphatic heterocycles. The molecular formula is C15H17NO5. The van der Waals surface area contributed by atoms with Gasteiger partial charge in [-0.2, -0.15) is 0 Å². The van der Waals surface area contributed by atoms with E-state index in [-0.39, 0.29) is 18.2 Å². The molecule has 0 saturated heterocycles. The van der Waals surface area contributed by atoms with Crippen LogP contribution in [0.25, 0.3) is 0 Å². The van der Waals surface area contributed by atoms with Crippen LogP contribution < -0.4 is 14.8 Å². The Morgan fingerprint density at radius 1 is 1.24 bits per heavy atom. The average molecular weight is 291 g/mol. The normalized spacial score (nSPS) is 18.1. The van der Waals surface area contributed by atoms with Crippen LogP contribution >= 0.6 is 0 Å². The lowest BCUT2D eigenvalue weighted by molar-refractivity contribution is -0.137. The molecule has 1 aromatic rings. The minimum atomic E-state index is -0.987. The van der Waals surface area contributed by atoms with Crippen LogP contribution in [0.4, 0.5) is 0 Å². The Hall–Kier alpha value is -2.08. The third kappa shape index (κ3) is 3.33. The quantitative estimate of drug-likeness (QED) is 0.767.